The molecule has 0 bridgehead atoms. The van der Waals surface area contributed by atoms with E-state index in [4.69, 9.17) is 4.74 Å². The van der Waals surface area contributed by atoms with Crippen LogP contribution in [0.15, 0.2) is 0 Å². The summed E-state index contributed by atoms with van der Waals surface area (Å²) < 4.78 is 5.35. The number of carbonyl (C=O) groups excluding carboxylic acids is 1. The van der Waals surface area contributed by atoms with Gasteiger partial charge in [-0.05, 0) is 13.3 Å². The second-order valence-corrected chi connectivity index (χ2v) is 5.63. The summed E-state index contributed by atoms with van der Waals surface area (Å²) in [6.07, 6.45) is 3.24. The van der Waals surface area contributed by atoms with Crippen molar-refractivity contribution in [3.8, 4) is 0 Å². The molecule has 5 heteroatoms. The number of rotatable bonds is 6. The number of nitrogens with zero attached hydrogens (tertiary/aromatic N) is 2. The van der Waals surface area contributed by atoms with Gasteiger partial charge in [0.05, 0.1) is 25.9 Å². The van der Waals surface area contributed by atoms with Crippen molar-refractivity contribution in [2.45, 2.75) is 45.2 Å². The van der Waals surface area contributed by atoms with Gasteiger partial charge in [-0.15, -0.1) is 0 Å². The first-order valence-corrected chi connectivity index (χ1v) is 7.56. The van der Waals surface area contributed by atoms with Crippen LogP contribution in [-0.2, 0) is 9.53 Å². The van der Waals surface area contributed by atoms with Crippen LogP contribution >= 0.6 is 0 Å². The van der Waals surface area contributed by atoms with Gasteiger partial charge in [-0.1, -0.05) is 19.8 Å². The lowest BCUT2D eigenvalue weighted by Gasteiger charge is -2.32. The molecule has 2 aliphatic heterocycles. The fourth-order valence-electron chi connectivity index (χ4n) is 2.84. The lowest BCUT2D eigenvalue weighted by Crippen LogP contribution is -2.47. The second-order valence-electron chi connectivity index (χ2n) is 5.63. The van der Waals surface area contributed by atoms with Crippen molar-refractivity contribution in [1.29, 1.82) is 0 Å². The van der Waals surface area contributed by atoms with E-state index in [9.17, 15) is 4.79 Å². The van der Waals surface area contributed by atoms with Gasteiger partial charge in [-0.2, -0.15) is 0 Å². The first-order valence-electron chi connectivity index (χ1n) is 7.56. The highest BCUT2D eigenvalue weighted by atomic mass is 16.5. The summed E-state index contributed by atoms with van der Waals surface area (Å²) in [5, 5.41) is 3.34. The normalized spacial score (nSPS) is 26.9. The first-order chi connectivity index (χ1) is 9.22. The number of amides is 1. The van der Waals surface area contributed by atoms with Crippen molar-refractivity contribution < 1.29 is 9.53 Å². The van der Waals surface area contributed by atoms with Crippen molar-refractivity contribution in [2.75, 3.05) is 39.5 Å². The molecule has 0 saturated carbocycles. The van der Waals surface area contributed by atoms with E-state index in [2.05, 4.69) is 24.1 Å². The molecule has 2 aliphatic rings. The second kappa shape index (κ2) is 7.22. The average Bonchev–Trinajstić information content (AvgIpc) is 2.79. The maximum atomic E-state index is 12.3. The Balaban J connectivity index is 1.79. The van der Waals surface area contributed by atoms with E-state index in [1.54, 1.807) is 0 Å². The monoisotopic (exact) mass is 269 g/mol. The molecule has 1 amide bonds. The summed E-state index contributed by atoms with van der Waals surface area (Å²) >= 11 is 0. The molecule has 0 aliphatic carbocycles. The predicted octanol–water partition coefficient (Wildman–Crippen LogP) is 0.655. The summed E-state index contributed by atoms with van der Waals surface area (Å²) in [5.41, 5.74) is 0. The van der Waals surface area contributed by atoms with Crippen LogP contribution in [0.1, 0.15) is 33.1 Å². The number of carbonyl (C=O) groups is 1. The number of ether oxygens (including phenoxy) is 1. The molecule has 2 atom stereocenters. The Labute approximate surface area is 116 Å². The van der Waals surface area contributed by atoms with E-state index in [0.717, 1.165) is 52.1 Å². The lowest BCUT2D eigenvalue weighted by atomic mass is 10.1. The average molecular weight is 269 g/mol. The molecule has 19 heavy (non-hydrogen) atoms. The molecule has 0 aromatic rings. The molecule has 0 radical (unpaired) electrons. The maximum Gasteiger partial charge on any atom is 0.241 e. The molecule has 5 nitrogen and oxygen atoms in total. The molecule has 110 valence electrons. The third kappa shape index (κ3) is 3.91. The molecule has 2 heterocycles. The molecular weight excluding hydrogens is 242 g/mol. The number of unbranched alkanes of at least 4 members (excludes halogenated alkanes) is 1. The highest BCUT2D eigenvalue weighted by Crippen LogP contribution is 2.14. The van der Waals surface area contributed by atoms with Crippen LogP contribution in [0.25, 0.3) is 0 Å². The number of nitrogens with one attached hydrogen (secondary N) is 1. The van der Waals surface area contributed by atoms with Crippen LogP contribution in [0.3, 0.4) is 0 Å². The summed E-state index contributed by atoms with van der Waals surface area (Å²) in [6.45, 7) is 9.58. The smallest absolute Gasteiger partial charge is 0.241 e. The van der Waals surface area contributed by atoms with E-state index in [1.807, 2.05) is 4.90 Å². The van der Waals surface area contributed by atoms with E-state index in [0.29, 0.717) is 6.67 Å². The van der Waals surface area contributed by atoms with Crippen molar-refractivity contribution in [3.05, 3.63) is 0 Å². The van der Waals surface area contributed by atoms with E-state index >= 15 is 0 Å². The minimum Gasteiger partial charge on any atom is -0.379 e. The zero-order valence-corrected chi connectivity index (χ0v) is 12.2. The Morgan fingerprint density at radius 2 is 2.16 bits per heavy atom. The standard InChI is InChI=1S/C14H27N3O2/c1-3-4-5-13-14(18)17(11-15-13)12(2)10-16-6-8-19-9-7-16/h12-13,15H,3-11H2,1-2H3. The quantitative estimate of drug-likeness (QED) is 0.769. The summed E-state index contributed by atoms with van der Waals surface area (Å²) in [4.78, 5) is 16.7. The Hall–Kier alpha value is -0.650. The van der Waals surface area contributed by atoms with Gasteiger partial charge in [0.15, 0.2) is 0 Å². The minimum absolute atomic E-state index is 0.0482. The first kappa shape index (κ1) is 14.8. The van der Waals surface area contributed by atoms with E-state index < -0.39 is 0 Å². The Morgan fingerprint density at radius 1 is 1.42 bits per heavy atom. The molecule has 0 spiro atoms. The number of morpholine rings is 1. The van der Waals surface area contributed by atoms with Crippen molar-refractivity contribution >= 4 is 5.91 Å². The van der Waals surface area contributed by atoms with Gasteiger partial charge < -0.3 is 9.64 Å². The maximum absolute atomic E-state index is 12.3. The predicted molar refractivity (Wildman–Crippen MR) is 74.9 cm³/mol. The third-order valence-corrected chi connectivity index (χ3v) is 4.09. The fourth-order valence-corrected chi connectivity index (χ4v) is 2.84. The highest BCUT2D eigenvalue weighted by molar-refractivity contribution is 5.84. The van der Waals surface area contributed by atoms with Crippen LogP contribution in [0.5, 0.6) is 0 Å². The van der Waals surface area contributed by atoms with Crippen LogP contribution in [0.4, 0.5) is 0 Å². The highest BCUT2D eigenvalue weighted by Gasteiger charge is 2.33. The molecular formula is C14H27N3O2. The minimum atomic E-state index is 0.0482. The van der Waals surface area contributed by atoms with Gasteiger partial charge in [0.1, 0.15) is 0 Å². The lowest BCUT2D eigenvalue weighted by molar-refractivity contribution is -0.131. The zero-order chi connectivity index (χ0) is 13.7. The third-order valence-electron chi connectivity index (χ3n) is 4.09. The molecule has 2 rings (SSSR count). The van der Waals surface area contributed by atoms with Crippen molar-refractivity contribution in [1.82, 2.24) is 15.1 Å². The Morgan fingerprint density at radius 3 is 2.84 bits per heavy atom. The van der Waals surface area contributed by atoms with Gasteiger partial charge >= 0.3 is 0 Å². The van der Waals surface area contributed by atoms with E-state index in [1.165, 1.54) is 0 Å². The molecule has 2 saturated heterocycles. The van der Waals surface area contributed by atoms with Crippen LogP contribution in [-0.4, -0.2) is 67.3 Å². The van der Waals surface area contributed by atoms with Gasteiger partial charge in [0, 0.05) is 25.7 Å². The number of hydrogen-bond donors (Lipinski definition) is 1. The SMILES string of the molecule is CCCCC1NCN(C(C)CN2CCOCC2)C1=O. The topological polar surface area (TPSA) is 44.8 Å². The van der Waals surface area contributed by atoms with Gasteiger partial charge in [0.2, 0.25) is 5.91 Å². The van der Waals surface area contributed by atoms with Crippen LogP contribution in [0.2, 0.25) is 0 Å². The van der Waals surface area contributed by atoms with Gasteiger partial charge in [0.25, 0.3) is 0 Å². The van der Waals surface area contributed by atoms with Crippen molar-refractivity contribution in [3.63, 3.8) is 0 Å². The molecule has 1 N–H and O–H groups in total. The largest absolute Gasteiger partial charge is 0.379 e. The summed E-state index contributed by atoms with van der Waals surface area (Å²) in [7, 11) is 0. The zero-order valence-electron chi connectivity index (χ0n) is 12.2. The Bertz CT molecular complexity index is 292. The summed E-state index contributed by atoms with van der Waals surface area (Å²) in [6, 6.07) is 0.330. The fraction of sp³-hybridized carbons (Fsp3) is 0.929. The van der Waals surface area contributed by atoms with Crippen LogP contribution < -0.4 is 5.32 Å². The van der Waals surface area contributed by atoms with Gasteiger partial charge in [-0.3, -0.25) is 15.0 Å². The number of hydrogen-bond acceptors (Lipinski definition) is 4. The Kier molecular flexibility index (Phi) is 5.60. The van der Waals surface area contributed by atoms with Crippen molar-refractivity contribution in [2.24, 2.45) is 0 Å². The molecule has 0 aromatic heterocycles. The van der Waals surface area contributed by atoms with Gasteiger partial charge in [-0.25, -0.2) is 0 Å². The molecule has 2 unspecified atom stereocenters. The molecule has 0 aromatic carbocycles. The summed E-state index contributed by atoms with van der Waals surface area (Å²) in [5.74, 6) is 0.286. The van der Waals surface area contributed by atoms with Crippen LogP contribution in [0, 0.1) is 0 Å². The van der Waals surface area contributed by atoms with E-state index in [-0.39, 0.29) is 18.0 Å². The molecule has 2 fully saturated rings.